The third kappa shape index (κ3) is 2.91. The van der Waals surface area contributed by atoms with Crippen molar-refractivity contribution in [1.29, 1.82) is 0 Å². The lowest BCUT2D eigenvalue weighted by Gasteiger charge is -2.09. The zero-order valence-corrected chi connectivity index (χ0v) is 10.5. The second kappa shape index (κ2) is 5.40. The van der Waals surface area contributed by atoms with E-state index in [9.17, 15) is 5.11 Å². The number of hydrogen-bond acceptors (Lipinski definition) is 4. The molecule has 0 unspecified atom stereocenters. The van der Waals surface area contributed by atoms with Crippen molar-refractivity contribution in [2.45, 2.75) is 13.5 Å². The minimum atomic E-state index is 0.129. The van der Waals surface area contributed by atoms with Crippen LogP contribution in [-0.2, 0) is 6.54 Å². The summed E-state index contributed by atoms with van der Waals surface area (Å²) in [4.78, 5) is 4.23. The first-order valence-corrected chi connectivity index (χ1v) is 5.71. The number of phenolic OH excluding ortho intramolecular Hbond substituents is 1. The van der Waals surface area contributed by atoms with Crippen LogP contribution in [0.2, 0.25) is 0 Å². The summed E-state index contributed by atoms with van der Waals surface area (Å²) in [6.07, 6.45) is 1.84. The van der Waals surface area contributed by atoms with Gasteiger partial charge in [0.05, 0.1) is 7.11 Å². The zero-order chi connectivity index (χ0) is 13.0. The molecule has 0 spiro atoms. The molecule has 2 rings (SSSR count). The van der Waals surface area contributed by atoms with E-state index in [-0.39, 0.29) is 5.75 Å². The van der Waals surface area contributed by atoms with E-state index in [1.54, 1.807) is 12.1 Å². The topological polar surface area (TPSA) is 54.4 Å². The predicted octanol–water partition coefficient (Wildman–Crippen LogP) is 2.72. The molecule has 0 aliphatic rings. The van der Waals surface area contributed by atoms with Gasteiger partial charge in [-0.15, -0.1) is 0 Å². The molecule has 1 aromatic heterocycles. The number of nitrogens with one attached hydrogen (secondary N) is 1. The molecule has 1 aromatic carbocycles. The fourth-order valence-corrected chi connectivity index (χ4v) is 1.61. The Morgan fingerprint density at radius 1 is 1.28 bits per heavy atom. The summed E-state index contributed by atoms with van der Waals surface area (Å²) in [5.74, 6) is 0.599. The lowest BCUT2D eigenvalue weighted by Crippen LogP contribution is -2.00. The van der Waals surface area contributed by atoms with Gasteiger partial charge in [-0.05, 0) is 30.7 Å². The van der Waals surface area contributed by atoms with Crippen molar-refractivity contribution < 1.29 is 9.84 Å². The average Bonchev–Trinajstić information content (AvgIpc) is 2.38. The summed E-state index contributed by atoms with van der Waals surface area (Å²) >= 11 is 0. The van der Waals surface area contributed by atoms with Crippen molar-refractivity contribution in [3.05, 3.63) is 47.8 Å². The van der Waals surface area contributed by atoms with Gasteiger partial charge in [0.1, 0.15) is 0 Å². The monoisotopic (exact) mass is 244 g/mol. The fourth-order valence-electron chi connectivity index (χ4n) is 1.61. The molecule has 0 saturated heterocycles. The normalized spacial score (nSPS) is 10.1. The maximum absolute atomic E-state index is 9.65. The van der Waals surface area contributed by atoms with E-state index in [0.29, 0.717) is 12.3 Å². The van der Waals surface area contributed by atoms with Crippen molar-refractivity contribution >= 4 is 5.69 Å². The van der Waals surface area contributed by atoms with Gasteiger partial charge in [0.25, 0.3) is 0 Å². The molecule has 0 radical (unpaired) electrons. The first-order chi connectivity index (χ1) is 8.69. The third-order valence-corrected chi connectivity index (χ3v) is 2.65. The average molecular weight is 244 g/mol. The van der Waals surface area contributed by atoms with Crippen molar-refractivity contribution in [1.82, 2.24) is 4.98 Å². The number of ether oxygens (including phenoxy) is 1. The molecule has 0 saturated carbocycles. The van der Waals surface area contributed by atoms with Crippen LogP contribution in [0.25, 0.3) is 0 Å². The number of nitrogens with zero attached hydrogens (tertiary/aromatic N) is 1. The maximum Gasteiger partial charge on any atom is 0.160 e. The van der Waals surface area contributed by atoms with E-state index in [1.165, 1.54) is 7.11 Å². The molecule has 4 heteroatoms. The number of hydrogen-bond donors (Lipinski definition) is 2. The van der Waals surface area contributed by atoms with Crippen molar-refractivity contribution in [3.8, 4) is 11.5 Å². The van der Waals surface area contributed by atoms with Gasteiger partial charge in [0.2, 0.25) is 0 Å². The molecule has 0 amide bonds. The van der Waals surface area contributed by atoms with Crippen molar-refractivity contribution in [3.63, 3.8) is 0 Å². The number of rotatable bonds is 4. The Labute approximate surface area is 106 Å². The van der Waals surface area contributed by atoms with E-state index in [4.69, 9.17) is 4.74 Å². The van der Waals surface area contributed by atoms with Gasteiger partial charge in [0.15, 0.2) is 11.5 Å². The number of benzene rings is 1. The lowest BCUT2D eigenvalue weighted by atomic mass is 10.2. The Bertz CT molecular complexity index is 524. The molecule has 0 aliphatic heterocycles. The predicted molar refractivity (Wildman–Crippen MR) is 71.0 cm³/mol. The Morgan fingerprint density at radius 2 is 2.11 bits per heavy atom. The quantitative estimate of drug-likeness (QED) is 0.868. The van der Waals surface area contributed by atoms with Gasteiger partial charge in [0, 0.05) is 30.2 Å². The molecular formula is C14H16N2O2. The number of phenols is 1. The largest absolute Gasteiger partial charge is 0.504 e. The minimum Gasteiger partial charge on any atom is -0.504 e. The first kappa shape index (κ1) is 12.2. The van der Waals surface area contributed by atoms with Crippen LogP contribution in [0.4, 0.5) is 5.69 Å². The number of aryl methyl sites for hydroxylation is 1. The molecule has 1 heterocycles. The van der Waals surface area contributed by atoms with Gasteiger partial charge in [-0.3, -0.25) is 4.98 Å². The maximum atomic E-state index is 9.65. The highest BCUT2D eigenvalue weighted by Crippen LogP contribution is 2.28. The highest BCUT2D eigenvalue weighted by atomic mass is 16.5. The van der Waals surface area contributed by atoms with Crippen LogP contribution in [0.1, 0.15) is 11.3 Å². The molecular weight excluding hydrogens is 228 g/mol. The molecule has 2 N–H and O–H groups in total. The summed E-state index contributed by atoms with van der Waals surface area (Å²) < 4.78 is 4.99. The van der Waals surface area contributed by atoms with E-state index < -0.39 is 0 Å². The van der Waals surface area contributed by atoms with E-state index in [1.807, 2.05) is 31.3 Å². The number of aromatic hydroxyl groups is 1. The highest BCUT2D eigenvalue weighted by Gasteiger charge is 2.02. The number of pyridine rings is 1. The second-order valence-corrected chi connectivity index (χ2v) is 4.05. The molecule has 18 heavy (non-hydrogen) atoms. The SMILES string of the molecule is COc1ccc(NCc2ccc(C)nc2)cc1O. The van der Waals surface area contributed by atoms with E-state index >= 15 is 0 Å². The standard InChI is InChI=1S/C14H16N2O2/c1-10-3-4-11(8-15-10)9-16-12-5-6-14(18-2)13(17)7-12/h3-8,16-17H,9H2,1-2H3. The smallest absolute Gasteiger partial charge is 0.160 e. The molecule has 0 aliphatic carbocycles. The summed E-state index contributed by atoms with van der Waals surface area (Å²) in [5, 5.41) is 12.9. The Morgan fingerprint density at radius 3 is 2.72 bits per heavy atom. The summed E-state index contributed by atoms with van der Waals surface area (Å²) in [6.45, 7) is 2.62. The Balaban J connectivity index is 2.02. The Kier molecular flexibility index (Phi) is 3.67. The Hall–Kier alpha value is -2.23. The van der Waals surface area contributed by atoms with Crippen LogP contribution < -0.4 is 10.1 Å². The van der Waals surface area contributed by atoms with E-state index in [0.717, 1.165) is 16.9 Å². The van der Waals surface area contributed by atoms with Gasteiger partial charge >= 0.3 is 0 Å². The number of anilines is 1. The van der Waals surface area contributed by atoms with Crippen LogP contribution in [0, 0.1) is 6.92 Å². The van der Waals surface area contributed by atoms with Crippen LogP contribution in [-0.4, -0.2) is 17.2 Å². The molecule has 0 bridgehead atoms. The summed E-state index contributed by atoms with van der Waals surface area (Å²) in [5.41, 5.74) is 2.94. The second-order valence-electron chi connectivity index (χ2n) is 4.05. The van der Waals surface area contributed by atoms with Crippen LogP contribution >= 0.6 is 0 Å². The number of methoxy groups -OCH3 is 1. The van der Waals surface area contributed by atoms with Gasteiger partial charge in [-0.1, -0.05) is 6.07 Å². The van der Waals surface area contributed by atoms with Crippen molar-refractivity contribution in [2.75, 3.05) is 12.4 Å². The molecule has 2 aromatic rings. The van der Waals surface area contributed by atoms with Gasteiger partial charge in [-0.2, -0.15) is 0 Å². The molecule has 0 fully saturated rings. The van der Waals surface area contributed by atoms with E-state index in [2.05, 4.69) is 10.3 Å². The molecule has 4 nitrogen and oxygen atoms in total. The number of aromatic nitrogens is 1. The van der Waals surface area contributed by atoms with Gasteiger partial charge in [-0.25, -0.2) is 0 Å². The molecule has 0 atom stereocenters. The summed E-state index contributed by atoms with van der Waals surface area (Å²) in [6, 6.07) is 9.23. The summed E-state index contributed by atoms with van der Waals surface area (Å²) in [7, 11) is 1.53. The van der Waals surface area contributed by atoms with Crippen LogP contribution in [0.5, 0.6) is 11.5 Å². The first-order valence-electron chi connectivity index (χ1n) is 5.71. The van der Waals surface area contributed by atoms with Crippen LogP contribution in [0.15, 0.2) is 36.5 Å². The van der Waals surface area contributed by atoms with Crippen molar-refractivity contribution in [2.24, 2.45) is 0 Å². The fraction of sp³-hybridized carbons (Fsp3) is 0.214. The zero-order valence-electron chi connectivity index (χ0n) is 10.5. The van der Waals surface area contributed by atoms with Crippen LogP contribution in [0.3, 0.4) is 0 Å². The van der Waals surface area contributed by atoms with Gasteiger partial charge < -0.3 is 15.2 Å². The minimum absolute atomic E-state index is 0.129. The third-order valence-electron chi connectivity index (χ3n) is 2.65. The highest BCUT2D eigenvalue weighted by molar-refractivity contribution is 5.54. The lowest BCUT2D eigenvalue weighted by molar-refractivity contribution is 0.373. The molecule has 94 valence electrons.